The normalized spacial score (nSPS) is 14.7. The van der Waals surface area contributed by atoms with Gasteiger partial charge in [-0.3, -0.25) is 0 Å². The molecule has 1 N–H and O–H groups in total. The molecule has 1 aliphatic rings. The van der Waals surface area contributed by atoms with Gasteiger partial charge in [0, 0.05) is 12.0 Å². The third-order valence-corrected chi connectivity index (χ3v) is 6.55. The fourth-order valence-electron chi connectivity index (χ4n) is 4.77. The lowest BCUT2D eigenvalue weighted by atomic mass is 9.87. The Balaban J connectivity index is 1.36. The molecule has 2 heterocycles. The Bertz CT molecular complexity index is 1220. The van der Waals surface area contributed by atoms with E-state index >= 15 is 0 Å². The molecule has 1 aliphatic carbocycles. The zero-order chi connectivity index (χ0) is 23.2. The van der Waals surface area contributed by atoms with E-state index in [-0.39, 0.29) is 0 Å². The molecule has 2 aromatic heterocycles. The van der Waals surface area contributed by atoms with Gasteiger partial charge in [0.1, 0.15) is 0 Å². The molecule has 0 aliphatic heterocycles. The lowest BCUT2D eigenvalue weighted by Crippen LogP contribution is -2.10. The summed E-state index contributed by atoms with van der Waals surface area (Å²) in [6.07, 6.45) is 12.9. The molecule has 0 saturated heterocycles. The third-order valence-electron chi connectivity index (χ3n) is 6.55. The second kappa shape index (κ2) is 10.5. The SMILES string of the molecule is CCC=Cc1nc(CC2CCCCC2)nn1Cc1ccc(-c2ccccc2-c2nn[nH]n2)cc1. The van der Waals surface area contributed by atoms with Crippen molar-refractivity contribution in [2.45, 2.75) is 58.4 Å². The van der Waals surface area contributed by atoms with E-state index in [9.17, 15) is 0 Å². The van der Waals surface area contributed by atoms with Crippen molar-refractivity contribution in [2.75, 3.05) is 0 Å². The Morgan fingerprint density at radius 3 is 2.53 bits per heavy atom. The monoisotopic (exact) mass is 453 g/mol. The lowest BCUT2D eigenvalue weighted by Gasteiger charge is -2.19. The summed E-state index contributed by atoms with van der Waals surface area (Å²) in [5.74, 6) is 3.25. The number of aromatic amines is 1. The Labute approximate surface area is 200 Å². The standard InChI is InChI=1S/C27H31N7/c1-2-3-13-26-28-25(18-20-9-5-4-6-10-20)31-34(26)19-21-14-16-22(17-15-21)23-11-7-8-12-24(23)27-29-32-33-30-27/h3,7-8,11-17,20H,2,4-6,9-10,18-19H2,1H3,(H,29,30,32,33). The molecular formula is C27H31N7. The molecule has 2 aromatic carbocycles. The molecule has 0 spiro atoms. The van der Waals surface area contributed by atoms with E-state index in [0.717, 1.165) is 47.1 Å². The summed E-state index contributed by atoms with van der Waals surface area (Å²) in [6.45, 7) is 2.85. The zero-order valence-electron chi connectivity index (χ0n) is 19.7. The molecule has 1 fully saturated rings. The van der Waals surface area contributed by atoms with Crippen LogP contribution in [0.4, 0.5) is 0 Å². The number of nitrogens with one attached hydrogen (secondary N) is 1. The Morgan fingerprint density at radius 2 is 1.79 bits per heavy atom. The molecule has 0 radical (unpaired) electrons. The fourth-order valence-corrected chi connectivity index (χ4v) is 4.77. The largest absolute Gasteiger partial charge is 0.242 e. The summed E-state index contributed by atoms with van der Waals surface area (Å²) >= 11 is 0. The van der Waals surface area contributed by atoms with Crippen molar-refractivity contribution in [1.82, 2.24) is 35.4 Å². The second-order valence-corrected chi connectivity index (χ2v) is 9.04. The lowest BCUT2D eigenvalue weighted by molar-refractivity contribution is 0.351. The highest BCUT2D eigenvalue weighted by atomic mass is 15.5. The Kier molecular flexibility index (Phi) is 6.89. The summed E-state index contributed by atoms with van der Waals surface area (Å²) in [7, 11) is 0. The highest BCUT2D eigenvalue weighted by molar-refractivity contribution is 5.80. The first-order valence-electron chi connectivity index (χ1n) is 12.3. The molecular weight excluding hydrogens is 422 g/mol. The summed E-state index contributed by atoms with van der Waals surface area (Å²) in [5, 5.41) is 19.5. The summed E-state index contributed by atoms with van der Waals surface area (Å²) in [6, 6.07) is 16.8. The molecule has 0 amide bonds. The van der Waals surface area contributed by atoms with Crippen molar-refractivity contribution in [1.29, 1.82) is 0 Å². The van der Waals surface area contributed by atoms with Gasteiger partial charge in [-0.1, -0.05) is 93.6 Å². The van der Waals surface area contributed by atoms with Crippen molar-refractivity contribution in [3.05, 3.63) is 71.8 Å². The Hall–Kier alpha value is -3.61. The van der Waals surface area contributed by atoms with Crippen LogP contribution in [0.5, 0.6) is 0 Å². The summed E-state index contributed by atoms with van der Waals surface area (Å²) < 4.78 is 2.05. The first-order valence-corrected chi connectivity index (χ1v) is 12.3. The van der Waals surface area contributed by atoms with Gasteiger partial charge in [-0.15, -0.1) is 10.2 Å². The number of nitrogens with zero attached hydrogens (tertiary/aromatic N) is 6. The molecule has 174 valence electrons. The van der Waals surface area contributed by atoms with Crippen molar-refractivity contribution >= 4 is 6.08 Å². The summed E-state index contributed by atoms with van der Waals surface area (Å²) in [5.41, 5.74) is 4.35. The first-order chi connectivity index (χ1) is 16.8. The number of H-pyrrole nitrogens is 1. The van der Waals surface area contributed by atoms with Crippen LogP contribution in [0.2, 0.25) is 0 Å². The van der Waals surface area contributed by atoms with Crippen LogP contribution in [0.1, 0.15) is 62.7 Å². The molecule has 7 nitrogen and oxygen atoms in total. The molecule has 34 heavy (non-hydrogen) atoms. The number of tetrazole rings is 1. The molecule has 0 atom stereocenters. The van der Waals surface area contributed by atoms with Crippen LogP contribution in [0.25, 0.3) is 28.6 Å². The van der Waals surface area contributed by atoms with Gasteiger partial charge in [0.2, 0.25) is 5.82 Å². The van der Waals surface area contributed by atoms with E-state index in [2.05, 4.69) is 70.0 Å². The van der Waals surface area contributed by atoms with Gasteiger partial charge in [-0.25, -0.2) is 9.67 Å². The molecule has 0 bridgehead atoms. The maximum absolute atomic E-state index is 4.91. The highest BCUT2D eigenvalue weighted by Gasteiger charge is 2.18. The molecule has 0 unspecified atom stereocenters. The predicted octanol–water partition coefficient (Wildman–Crippen LogP) is 5.72. The number of hydrogen-bond acceptors (Lipinski definition) is 5. The predicted molar refractivity (Wildman–Crippen MR) is 134 cm³/mol. The average molecular weight is 454 g/mol. The van der Waals surface area contributed by atoms with Gasteiger partial charge in [0.05, 0.1) is 6.54 Å². The van der Waals surface area contributed by atoms with Crippen LogP contribution < -0.4 is 0 Å². The van der Waals surface area contributed by atoms with E-state index in [1.807, 2.05) is 22.9 Å². The minimum atomic E-state index is 0.597. The smallest absolute Gasteiger partial charge is 0.205 e. The molecule has 1 saturated carbocycles. The summed E-state index contributed by atoms with van der Waals surface area (Å²) in [4.78, 5) is 4.89. The maximum Gasteiger partial charge on any atom is 0.205 e. The third kappa shape index (κ3) is 5.14. The van der Waals surface area contributed by atoms with Gasteiger partial charge in [-0.2, -0.15) is 10.3 Å². The van der Waals surface area contributed by atoms with Crippen molar-refractivity contribution < 1.29 is 0 Å². The topological polar surface area (TPSA) is 85.2 Å². The van der Waals surface area contributed by atoms with Crippen LogP contribution in [0.3, 0.4) is 0 Å². The first kappa shape index (κ1) is 22.2. The minimum Gasteiger partial charge on any atom is -0.242 e. The van der Waals surface area contributed by atoms with E-state index in [0.29, 0.717) is 12.4 Å². The average Bonchev–Trinajstić information content (AvgIpc) is 3.54. The number of rotatable bonds is 8. The number of aromatic nitrogens is 7. The highest BCUT2D eigenvalue weighted by Crippen LogP contribution is 2.30. The molecule has 5 rings (SSSR count). The quantitative estimate of drug-likeness (QED) is 0.369. The second-order valence-electron chi connectivity index (χ2n) is 9.04. The van der Waals surface area contributed by atoms with Gasteiger partial charge in [0.25, 0.3) is 0 Å². The van der Waals surface area contributed by atoms with Crippen LogP contribution >= 0.6 is 0 Å². The zero-order valence-corrected chi connectivity index (χ0v) is 19.7. The maximum atomic E-state index is 4.91. The van der Waals surface area contributed by atoms with Crippen LogP contribution in [0, 0.1) is 5.92 Å². The Morgan fingerprint density at radius 1 is 1.00 bits per heavy atom. The van der Waals surface area contributed by atoms with E-state index < -0.39 is 0 Å². The van der Waals surface area contributed by atoms with Crippen LogP contribution in [0.15, 0.2) is 54.6 Å². The van der Waals surface area contributed by atoms with Crippen LogP contribution in [-0.2, 0) is 13.0 Å². The van der Waals surface area contributed by atoms with E-state index in [1.54, 1.807) is 0 Å². The van der Waals surface area contributed by atoms with E-state index in [4.69, 9.17) is 10.1 Å². The van der Waals surface area contributed by atoms with Crippen molar-refractivity contribution in [2.24, 2.45) is 5.92 Å². The van der Waals surface area contributed by atoms with Crippen LogP contribution in [-0.4, -0.2) is 35.4 Å². The fraction of sp³-hybridized carbons (Fsp3) is 0.370. The van der Waals surface area contributed by atoms with Crippen molar-refractivity contribution in [3.8, 4) is 22.5 Å². The van der Waals surface area contributed by atoms with Crippen molar-refractivity contribution in [3.63, 3.8) is 0 Å². The van der Waals surface area contributed by atoms with Gasteiger partial charge >= 0.3 is 0 Å². The van der Waals surface area contributed by atoms with Gasteiger partial charge in [0.15, 0.2) is 11.6 Å². The van der Waals surface area contributed by atoms with Gasteiger partial charge in [-0.05, 0) is 40.3 Å². The number of benzene rings is 2. The molecule has 7 heteroatoms. The minimum absolute atomic E-state index is 0.597. The van der Waals surface area contributed by atoms with E-state index in [1.165, 1.54) is 37.7 Å². The number of allylic oxidation sites excluding steroid dienone is 1. The molecule has 4 aromatic rings. The van der Waals surface area contributed by atoms with Gasteiger partial charge < -0.3 is 0 Å². The number of hydrogen-bond donors (Lipinski definition) is 1.